The molecule has 2 rings (SSSR count). The second-order valence-corrected chi connectivity index (χ2v) is 5.79. The molecule has 0 unspecified atom stereocenters. The summed E-state index contributed by atoms with van der Waals surface area (Å²) in [4.78, 5) is 12.2. The lowest BCUT2D eigenvalue weighted by molar-refractivity contribution is -0.137. The van der Waals surface area contributed by atoms with Gasteiger partial charge >= 0.3 is 12.8 Å². The summed E-state index contributed by atoms with van der Waals surface area (Å²) < 4.78 is 66.8. The van der Waals surface area contributed by atoms with Crippen LogP contribution in [-0.2, 0) is 11.0 Å². The van der Waals surface area contributed by atoms with E-state index < -0.39 is 24.3 Å². The molecule has 0 atom stereocenters. The number of rotatable bonds is 6. The van der Waals surface area contributed by atoms with Crippen LogP contribution < -0.4 is 10.1 Å². The van der Waals surface area contributed by atoms with Gasteiger partial charge < -0.3 is 10.1 Å². The third-order valence-corrected chi connectivity index (χ3v) is 3.90. The molecule has 134 valence electrons. The van der Waals surface area contributed by atoms with Gasteiger partial charge in [0, 0.05) is 4.90 Å². The number of anilines is 1. The minimum absolute atomic E-state index is 0.0532. The van der Waals surface area contributed by atoms with E-state index in [9.17, 15) is 26.7 Å². The molecule has 1 N–H and O–H groups in total. The van der Waals surface area contributed by atoms with Crippen molar-refractivity contribution in [2.45, 2.75) is 17.7 Å². The van der Waals surface area contributed by atoms with Gasteiger partial charge in [0.25, 0.3) is 0 Å². The molecule has 2 aromatic rings. The van der Waals surface area contributed by atoms with Crippen molar-refractivity contribution in [1.82, 2.24) is 0 Å². The van der Waals surface area contributed by atoms with Crippen LogP contribution in [0.3, 0.4) is 0 Å². The highest BCUT2D eigenvalue weighted by atomic mass is 32.2. The normalized spacial score (nSPS) is 11.4. The Morgan fingerprint density at radius 1 is 1.12 bits per heavy atom. The fourth-order valence-corrected chi connectivity index (χ4v) is 2.62. The van der Waals surface area contributed by atoms with Crippen molar-refractivity contribution < 1.29 is 31.5 Å². The predicted octanol–water partition coefficient (Wildman–Crippen LogP) is 5.04. The van der Waals surface area contributed by atoms with Crippen LogP contribution in [0.2, 0.25) is 0 Å². The van der Waals surface area contributed by atoms with Crippen LogP contribution in [0.5, 0.6) is 5.75 Å². The van der Waals surface area contributed by atoms with Crippen LogP contribution >= 0.6 is 11.8 Å². The molecule has 0 fully saturated rings. The molecule has 3 nitrogen and oxygen atoms in total. The molecular formula is C16H12F5NO2S. The molecule has 1 amide bonds. The van der Waals surface area contributed by atoms with E-state index in [2.05, 4.69) is 10.1 Å². The zero-order valence-corrected chi connectivity index (χ0v) is 13.3. The number of hydrogen-bond acceptors (Lipinski definition) is 3. The molecule has 0 bridgehead atoms. The summed E-state index contributed by atoms with van der Waals surface area (Å²) >= 11 is 0.897. The summed E-state index contributed by atoms with van der Waals surface area (Å²) in [6, 6.07) is 10.2. The Morgan fingerprint density at radius 3 is 2.52 bits per heavy atom. The van der Waals surface area contributed by atoms with E-state index in [1.54, 1.807) is 0 Å². The van der Waals surface area contributed by atoms with Crippen molar-refractivity contribution in [3.8, 4) is 5.75 Å². The van der Waals surface area contributed by atoms with Crippen LogP contribution in [0.1, 0.15) is 5.56 Å². The van der Waals surface area contributed by atoms with Gasteiger partial charge in [-0.05, 0) is 30.3 Å². The maximum atomic E-state index is 12.6. The number of amides is 1. The summed E-state index contributed by atoms with van der Waals surface area (Å²) in [5.41, 5.74) is -0.758. The summed E-state index contributed by atoms with van der Waals surface area (Å²) in [6.45, 7) is -3.04. The van der Waals surface area contributed by atoms with E-state index >= 15 is 0 Å². The van der Waals surface area contributed by atoms with E-state index in [0.29, 0.717) is 0 Å². The topological polar surface area (TPSA) is 38.3 Å². The van der Waals surface area contributed by atoms with Crippen molar-refractivity contribution in [3.05, 3.63) is 54.1 Å². The Bertz CT molecular complexity index is 736. The van der Waals surface area contributed by atoms with Crippen LogP contribution in [0, 0.1) is 0 Å². The number of hydrogen-bond donors (Lipinski definition) is 1. The third kappa shape index (κ3) is 5.93. The van der Waals surface area contributed by atoms with Crippen LogP contribution in [-0.4, -0.2) is 18.3 Å². The maximum absolute atomic E-state index is 12.6. The second kappa shape index (κ2) is 8.19. The fourth-order valence-electron chi connectivity index (χ4n) is 1.87. The largest absolute Gasteiger partial charge is 0.433 e. The Morgan fingerprint density at radius 2 is 1.84 bits per heavy atom. The average Bonchev–Trinajstić information content (AvgIpc) is 2.54. The molecule has 0 spiro atoms. The van der Waals surface area contributed by atoms with E-state index in [4.69, 9.17) is 0 Å². The van der Waals surface area contributed by atoms with Crippen molar-refractivity contribution >= 4 is 23.4 Å². The first-order chi connectivity index (χ1) is 11.8. The van der Waals surface area contributed by atoms with E-state index in [1.807, 2.05) is 0 Å². The molecule has 0 aliphatic rings. The SMILES string of the molecule is O=C(CSc1cccc(C(F)(F)F)c1)Nc1ccccc1OC(F)F. The van der Waals surface area contributed by atoms with Gasteiger partial charge in [-0.25, -0.2) is 0 Å². The smallest absolute Gasteiger partial charge is 0.416 e. The number of nitrogens with one attached hydrogen (secondary N) is 1. The van der Waals surface area contributed by atoms with Crippen molar-refractivity contribution in [1.29, 1.82) is 0 Å². The quantitative estimate of drug-likeness (QED) is 0.566. The number of thioether (sulfide) groups is 1. The van der Waals surface area contributed by atoms with Crippen LogP contribution in [0.15, 0.2) is 53.4 Å². The van der Waals surface area contributed by atoms with Crippen LogP contribution in [0.25, 0.3) is 0 Å². The van der Waals surface area contributed by atoms with Gasteiger partial charge in [0.2, 0.25) is 5.91 Å². The number of benzene rings is 2. The zero-order chi connectivity index (χ0) is 18.4. The molecule has 9 heteroatoms. The van der Waals surface area contributed by atoms with Gasteiger partial charge in [-0.1, -0.05) is 18.2 Å². The molecule has 0 saturated heterocycles. The lowest BCUT2D eigenvalue weighted by Crippen LogP contribution is -2.15. The van der Waals surface area contributed by atoms with E-state index in [-0.39, 0.29) is 22.1 Å². The summed E-state index contributed by atoms with van der Waals surface area (Å²) in [5.74, 6) is -0.952. The number of carbonyl (C=O) groups is 1. The highest BCUT2D eigenvalue weighted by Gasteiger charge is 2.30. The lowest BCUT2D eigenvalue weighted by atomic mass is 10.2. The monoisotopic (exact) mass is 377 g/mol. The second-order valence-electron chi connectivity index (χ2n) is 4.74. The first-order valence-electron chi connectivity index (χ1n) is 6.89. The maximum Gasteiger partial charge on any atom is 0.416 e. The number of alkyl halides is 5. The van der Waals surface area contributed by atoms with E-state index in [1.165, 1.54) is 36.4 Å². The molecule has 0 radical (unpaired) electrons. The minimum atomic E-state index is -4.47. The third-order valence-electron chi connectivity index (χ3n) is 2.91. The Labute approximate surface area is 144 Å². The Hall–Kier alpha value is -2.29. The standard InChI is InChI=1S/C16H12F5NO2S/c17-15(18)24-13-7-2-1-6-12(13)22-14(23)9-25-11-5-3-4-10(8-11)16(19,20)21/h1-8,15H,9H2,(H,22,23). The number of carbonyl (C=O) groups excluding carboxylic acids is 1. The van der Waals surface area contributed by atoms with Gasteiger partial charge in [-0.3, -0.25) is 4.79 Å². The van der Waals surface area contributed by atoms with Gasteiger partial charge in [-0.15, -0.1) is 11.8 Å². The molecule has 0 aromatic heterocycles. The van der Waals surface area contributed by atoms with Gasteiger partial charge in [0.15, 0.2) is 0 Å². The summed E-state index contributed by atoms with van der Waals surface area (Å²) in [7, 11) is 0. The number of halogens is 5. The minimum Gasteiger partial charge on any atom is -0.433 e. The highest BCUT2D eigenvalue weighted by molar-refractivity contribution is 8.00. The molecule has 0 saturated carbocycles. The van der Waals surface area contributed by atoms with Gasteiger partial charge in [0.05, 0.1) is 17.0 Å². The molecular weight excluding hydrogens is 365 g/mol. The highest BCUT2D eigenvalue weighted by Crippen LogP contribution is 2.32. The first kappa shape index (κ1) is 19.0. The molecule has 0 heterocycles. The predicted molar refractivity (Wildman–Crippen MR) is 83.9 cm³/mol. The van der Waals surface area contributed by atoms with Crippen molar-refractivity contribution in [2.75, 3.05) is 11.1 Å². The Balaban J connectivity index is 1.98. The Kier molecular flexibility index (Phi) is 6.24. The van der Waals surface area contributed by atoms with Crippen LogP contribution in [0.4, 0.5) is 27.6 Å². The molecule has 2 aromatic carbocycles. The van der Waals surface area contributed by atoms with Gasteiger partial charge in [-0.2, -0.15) is 22.0 Å². The van der Waals surface area contributed by atoms with E-state index in [0.717, 1.165) is 23.9 Å². The summed E-state index contributed by atoms with van der Waals surface area (Å²) in [5, 5.41) is 2.39. The van der Waals surface area contributed by atoms with Gasteiger partial charge in [0.1, 0.15) is 5.75 Å². The lowest BCUT2D eigenvalue weighted by Gasteiger charge is -2.12. The average molecular weight is 377 g/mol. The molecule has 0 aliphatic heterocycles. The zero-order valence-electron chi connectivity index (χ0n) is 12.5. The number of para-hydroxylation sites is 2. The molecule has 25 heavy (non-hydrogen) atoms. The first-order valence-corrected chi connectivity index (χ1v) is 7.88. The summed E-state index contributed by atoms with van der Waals surface area (Å²) in [6.07, 6.45) is -4.47. The fraction of sp³-hybridized carbons (Fsp3) is 0.188. The van der Waals surface area contributed by atoms with Crippen molar-refractivity contribution in [2.24, 2.45) is 0 Å². The molecule has 0 aliphatic carbocycles. The van der Waals surface area contributed by atoms with Crippen molar-refractivity contribution in [3.63, 3.8) is 0 Å². The number of ether oxygens (including phenoxy) is 1.